The zero-order chi connectivity index (χ0) is 15.1. The van der Waals surface area contributed by atoms with Gasteiger partial charge in [0.2, 0.25) is 0 Å². The first-order chi connectivity index (χ1) is 10.2. The summed E-state index contributed by atoms with van der Waals surface area (Å²) in [6, 6.07) is 13.6. The Bertz CT molecular complexity index is 587. The van der Waals surface area contributed by atoms with Gasteiger partial charge in [0.05, 0.1) is 6.61 Å². The van der Waals surface area contributed by atoms with Crippen molar-refractivity contribution in [3.8, 4) is 11.5 Å². The molecular weight excluding hydrogens is 286 g/mol. The molecule has 112 valence electrons. The van der Waals surface area contributed by atoms with Gasteiger partial charge in [-0.1, -0.05) is 36.7 Å². The van der Waals surface area contributed by atoms with Crippen LogP contribution in [0.15, 0.2) is 42.5 Å². The highest BCUT2D eigenvalue weighted by Gasteiger charge is 2.09. The maximum atomic E-state index is 6.27. The van der Waals surface area contributed by atoms with Gasteiger partial charge in [0, 0.05) is 24.2 Å². The average molecular weight is 306 g/mol. The standard InChI is InChI=1S/C17H20ClNO2/c1-3-19-11-15-16(18)8-5-9-17(15)21-14-7-4-6-13(10-14)12-20-2/h4-10,19H,3,11-12H2,1-2H3. The van der Waals surface area contributed by atoms with Crippen molar-refractivity contribution in [1.82, 2.24) is 5.32 Å². The molecule has 2 aromatic carbocycles. The van der Waals surface area contributed by atoms with Gasteiger partial charge >= 0.3 is 0 Å². The second-order valence-electron chi connectivity index (χ2n) is 4.68. The fourth-order valence-electron chi connectivity index (χ4n) is 2.05. The Kier molecular flexibility index (Phi) is 6.05. The Hall–Kier alpha value is -1.55. The number of methoxy groups -OCH3 is 1. The molecule has 0 atom stereocenters. The molecule has 0 unspecified atom stereocenters. The molecule has 0 heterocycles. The highest BCUT2D eigenvalue weighted by atomic mass is 35.5. The van der Waals surface area contributed by atoms with Crippen LogP contribution >= 0.6 is 11.6 Å². The van der Waals surface area contributed by atoms with E-state index in [1.54, 1.807) is 7.11 Å². The molecule has 0 radical (unpaired) electrons. The molecule has 3 nitrogen and oxygen atoms in total. The summed E-state index contributed by atoms with van der Waals surface area (Å²) in [4.78, 5) is 0. The van der Waals surface area contributed by atoms with Crippen LogP contribution < -0.4 is 10.1 Å². The van der Waals surface area contributed by atoms with Gasteiger partial charge in [-0.05, 0) is 36.4 Å². The molecular formula is C17H20ClNO2. The van der Waals surface area contributed by atoms with Crippen molar-refractivity contribution in [2.75, 3.05) is 13.7 Å². The van der Waals surface area contributed by atoms with E-state index in [2.05, 4.69) is 12.2 Å². The van der Waals surface area contributed by atoms with Gasteiger partial charge in [0.25, 0.3) is 0 Å². The number of hydrogen-bond donors (Lipinski definition) is 1. The largest absolute Gasteiger partial charge is 0.457 e. The third kappa shape index (κ3) is 4.46. The summed E-state index contributed by atoms with van der Waals surface area (Å²) < 4.78 is 11.1. The molecule has 0 aromatic heterocycles. The maximum absolute atomic E-state index is 6.27. The van der Waals surface area contributed by atoms with E-state index in [0.29, 0.717) is 18.2 Å². The summed E-state index contributed by atoms with van der Waals surface area (Å²) >= 11 is 6.27. The molecule has 1 N–H and O–H groups in total. The van der Waals surface area contributed by atoms with E-state index in [-0.39, 0.29) is 0 Å². The van der Waals surface area contributed by atoms with E-state index in [1.165, 1.54) is 0 Å². The first kappa shape index (κ1) is 15.8. The predicted molar refractivity (Wildman–Crippen MR) is 86.1 cm³/mol. The van der Waals surface area contributed by atoms with Crippen LogP contribution in [0.1, 0.15) is 18.1 Å². The van der Waals surface area contributed by atoms with Crippen molar-refractivity contribution in [3.63, 3.8) is 0 Å². The van der Waals surface area contributed by atoms with E-state index < -0.39 is 0 Å². The summed E-state index contributed by atoms with van der Waals surface area (Å²) in [5, 5.41) is 3.99. The minimum atomic E-state index is 0.566. The van der Waals surface area contributed by atoms with Crippen molar-refractivity contribution in [1.29, 1.82) is 0 Å². The molecule has 0 spiro atoms. The quantitative estimate of drug-likeness (QED) is 0.823. The fraction of sp³-hybridized carbons (Fsp3) is 0.294. The van der Waals surface area contributed by atoms with Crippen molar-refractivity contribution in [2.45, 2.75) is 20.1 Å². The average Bonchev–Trinajstić information content (AvgIpc) is 2.47. The number of benzene rings is 2. The third-order valence-corrected chi connectivity index (χ3v) is 3.42. The summed E-state index contributed by atoms with van der Waals surface area (Å²) in [5.74, 6) is 1.56. The van der Waals surface area contributed by atoms with Crippen LogP contribution in [-0.2, 0) is 17.9 Å². The minimum absolute atomic E-state index is 0.566. The monoisotopic (exact) mass is 305 g/mol. The van der Waals surface area contributed by atoms with Crippen molar-refractivity contribution in [2.24, 2.45) is 0 Å². The smallest absolute Gasteiger partial charge is 0.133 e. The highest BCUT2D eigenvalue weighted by molar-refractivity contribution is 6.31. The Morgan fingerprint density at radius 2 is 1.95 bits per heavy atom. The zero-order valence-electron chi connectivity index (χ0n) is 12.4. The summed E-state index contributed by atoms with van der Waals surface area (Å²) in [6.45, 7) is 4.19. The molecule has 4 heteroatoms. The van der Waals surface area contributed by atoms with E-state index in [1.807, 2.05) is 42.5 Å². The second-order valence-corrected chi connectivity index (χ2v) is 5.09. The van der Waals surface area contributed by atoms with Gasteiger partial charge in [-0.15, -0.1) is 0 Å². The first-order valence-electron chi connectivity index (χ1n) is 6.98. The number of hydrogen-bond acceptors (Lipinski definition) is 3. The van der Waals surface area contributed by atoms with Gasteiger partial charge in [-0.25, -0.2) is 0 Å². The fourth-order valence-corrected chi connectivity index (χ4v) is 2.28. The maximum Gasteiger partial charge on any atom is 0.133 e. The Morgan fingerprint density at radius 1 is 1.14 bits per heavy atom. The summed E-state index contributed by atoms with van der Waals surface area (Å²) in [6.07, 6.45) is 0. The Morgan fingerprint density at radius 3 is 2.71 bits per heavy atom. The lowest BCUT2D eigenvalue weighted by Gasteiger charge is -2.13. The molecule has 0 saturated carbocycles. The molecule has 0 aliphatic carbocycles. The normalized spacial score (nSPS) is 10.6. The topological polar surface area (TPSA) is 30.5 Å². The summed E-state index contributed by atoms with van der Waals surface area (Å²) in [5.41, 5.74) is 2.04. The second kappa shape index (κ2) is 8.03. The van der Waals surface area contributed by atoms with E-state index in [0.717, 1.165) is 29.2 Å². The molecule has 2 aromatic rings. The van der Waals surface area contributed by atoms with Crippen LogP contribution in [0.3, 0.4) is 0 Å². The molecule has 0 aliphatic rings. The predicted octanol–water partition coefficient (Wildman–Crippen LogP) is 4.39. The summed E-state index contributed by atoms with van der Waals surface area (Å²) in [7, 11) is 1.68. The van der Waals surface area contributed by atoms with E-state index in [4.69, 9.17) is 21.1 Å². The van der Waals surface area contributed by atoms with Crippen LogP contribution in [0.5, 0.6) is 11.5 Å². The van der Waals surface area contributed by atoms with Crippen LogP contribution in [-0.4, -0.2) is 13.7 Å². The van der Waals surface area contributed by atoms with Gasteiger partial charge in [0.1, 0.15) is 11.5 Å². The van der Waals surface area contributed by atoms with Crippen molar-refractivity contribution < 1.29 is 9.47 Å². The highest BCUT2D eigenvalue weighted by Crippen LogP contribution is 2.30. The molecule has 2 rings (SSSR count). The Balaban J connectivity index is 2.22. The minimum Gasteiger partial charge on any atom is -0.457 e. The lowest BCUT2D eigenvalue weighted by Crippen LogP contribution is -2.12. The molecule has 0 aliphatic heterocycles. The zero-order valence-corrected chi connectivity index (χ0v) is 13.1. The van der Waals surface area contributed by atoms with Crippen LogP contribution in [0.2, 0.25) is 5.02 Å². The van der Waals surface area contributed by atoms with E-state index >= 15 is 0 Å². The van der Waals surface area contributed by atoms with Crippen molar-refractivity contribution >= 4 is 11.6 Å². The van der Waals surface area contributed by atoms with Gasteiger partial charge in [-0.3, -0.25) is 0 Å². The molecule has 0 bridgehead atoms. The molecule has 21 heavy (non-hydrogen) atoms. The van der Waals surface area contributed by atoms with E-state index in [9.17, 15) is 0 Å². The SMILES string of the molecule is CCNCc1c(Cl)cccc1Oc1cccc(COC)c1. The number of ether oxygens (including phenoxy) is 2. The lowest BCUT2D eigenvalue weighted by molar-refractivity contribution is 0.184. The number of rotatable bonds is 7. The number of halogens is 1. The van der Waals surface area contributed by atoms with Crippen molar-refractivity contribution in [3.05, 3.63) is 58.6 Å². The van der Waals surface area contributed by atoms with Gasteiger partial charge < -0.3 is 14.8 Å². The Labute approximate surface area is 130 Å². The third-order valence-electron chi connectivity index (χ3n) is 3.06. The van der Waals surface area contributed by atoms with Gasteiger partial charge in [0.15, 0.2) is 0 Å². The first-order valence-corrected chi connectivity index (χ1v) is 7.36. The molecule has 0 fully saturated rings. The number of nitrogens with one attached hydrogen (secondary N) is 1. The van der Waals surface area contributed by atoms with Crippen LogP contribution in [0.25, 0.3) is 0 Å². The molecule has 0 amide bonds. The van der Waals surface area contributed by atoms with Crippen LogP contribution in [0.4, 0.5) is 0 Å². The van der Waals surface area contributed by atoms with Gasteiger partial charge in [-0.2, -0.15) is 0 Å². The van der Waals surface area contributed by atoms with Crippen LogP contribution in [0, 0.1) is 0 Å². The molecule has 0 saturated heterocycles. The lowest BCUT2D eigenvalue weighted by atomic mass is 10.2.